The number of primary amides is 1. The summed E-state index contributed by atoms with van der Waals surface area (Å²) in [6.07, 6.45) is 1.38. The minimum Gasteiger partial charge on any atom is -0.369 e. The lowest BCUT2D eigenvalue weighted by Gasteiger charge is -2.19. The molecule has 2 N–H and O–H groups in total. The van der Waals surface area contributed by atoms with Crippen molar-refractivity contribution in [3.8, 4) is 0 Å². The van der Waals surface area contributed by atoms with Crippen LogP contribution in [0, 0.1) is 0 Å². The molecule has 1 aromatic rings. The van der Waals surface area contributed by atoms with E-state index in [4.69, 9.17) is 17.3 Å². The number of pyridine rings is 1. The molecule has 0 spiro atoms. The van der Waals surface area contributed by atoms with Crippen molar-refractivity contribution in [2.75, 3.05) is 13.1 Å². The van der Waals surface area contributed by atoms with Crippen molar-refractivity contribution in [1.29, 1.82) is 0 Å². The molecule has 0 saturated heterocycles. The van der Waals surface area contributed by atoms with Gasteiger partial charge in [0.1, 0.15) is 10.0 Å². The summed E-state index contributed by atoms with van der Waals surface area (Å²) in [5.74, 6) is -0.737. The Kier molecular flexibility index (Phi) is 5.09. The van der Waals surface area contributed by atoms with Crippen LogP contribution < -0.4 is 5.73 Å². The number of hydrogen-bond acceptors (Lipinski definition) is 4. The third-order valence-electron chi connectivity index (χ3n) is 2.08. The highest BCUT2D eigenvalue weighted by molar-refractivity contribution is 9.10. The van der Waals surface area contributed by atoms with E-state index in [1.54, 1.807) is 6.92 Å². The number of likely N-dealkylation sites (N-methyl/N-ethyl adjacent to an activating group) is 1. The lowest BCUT2D eigenvalue weighted by Crippen LogP contribution is -2.38. The molecule has 0 aliphatic heterocycles. The van der Waals surface area contributed by atoms with E-state index in [0.29, 0.717) is 4.47 Å². The van der Waals surface area contributed by atoms with Crippen LogP contribution in [0.15, 0.2) is 21.6 Å². The van der Waals surface area contributed by atoms with Crippen molar-refractivity contribution in [1.82, 2.24) is 9.29 Å². The van der Waals surface area contributed by atoms with Crippen LogP contribution in [0.3, 0.4) is 0 Å². The topological polar surface area (TPSA) is 93.4 Å². The highest BCUT2D eigenvalue weighted by Gasteiger charge is 2.27. The zero-order valence-corrected chi connectivity index (χ0v) is 12.6. The van der Waals surface area contributed by atoms with E-state index < -0.39 is 22.5 Å². The Bertz CT molecular complexity index is 564. The largest absolute Gasteiger partial charge is 0.369 e. The Morgan fingerprint density at radius 2 is 2.22 bits per heavy atom. The maximum Gasteiger partial charge on any atom is 0.246 e. The summed E-state index contributed by atoms with van der Waals surface area (Å²) in [7, 11) is -3.89. The molecule has 0 fully saturated rings. The summed E-state index contributed by atoms with van der Waals surface area (Å²) in [5.41, 5.74) is 5.01. The number of nitrogens with two attached hydrogens (primary N) is 1. The Morgan fingerprint density at radius 1 is 1.61 bits per heavy atom. The highest BCUT2D eigenvalue weighted by Crippen LogP contribution is 2.25. The minimum absolute atomic E-state index is 0.105. The molecule has 0 saturated carbocycles. The van der Waals surface area contributed by atoms with Gasteiger partial charge in [-0.15, -0.1) is 0 Å². The van der Waals surface area contributed by atoms with Crippen LogP contribution in [-0.2, 0) is 14.8 Å². The number of rotatable bonds is 5. The van der Waals surface area contributed by atoms with Gasteiger partial charge in [-0.1, -0.05) is 18.5 Å². The molecule has 0 radical (unpaired) electrons. The van der Waals surface area contributed by atoms with E-state index in [9.17, 15) is 13.2 Å². The van der Waals surface area contributed by atoms with Crippen molar-refractivity contribution >= 4 is 43.5 Å². The van der Waals surface area contributed by atoms with Crippen LogP contribution >= 0.6 is 27.5 Å². The van der Waals surface area contributed by atoms with Gasteiger partial charge in [0.05, 0.1) is 6.54 Å². The standard InChI is InChI=1S/C9H11BrClN3O3S/c1-2-14(5-8(12)15)18(16,17)7-3-6(10)4-13-9(7)11/h3-4H,2,5H2,1H3,(H2,12,15). The molecule has 18 heavy (non-hydrogen) atoms. The summed E-state index contributed by atoms with van der Waals surface area (Å²) in [6.45, 7) is 1.30. The quantitative estimate of drug-likeness (QED) is 0.796. The van der Waals surface area contributed by atoms with Crippen LogP contribution in [0.1, 0.15) is 6.92 Å². The molecule has 100 valence electrons. The number of carbonyl (C=O) groups is 1. The number of nitrogens with zero attached hydrogens (tertiary/aromatic N) is 2. The van der Waals surface area contributed by atoms with Gasteiger partial charge in [-0.3, -0.25) is 4.79 Å². The second-order valence-electron chi connectivity index (χ2n) is 3.34. The van der Waals surface area contributed by atoms with Gasteiger partial charge in [-0.25, -0.2) is 13.4 Å². The fraction of sp³-hybridized carbons (Fsp3) is 0.333. The van der Waals surface area contributed by atoms with Gasteiger partial charge < -0.3 is 5.73 Å². The Morgan fingerprint density at radius 3 is 2.72 bits per heavy atom. The minimum atomic E-state index is -3.89. The number of halogens is 2. The first kappa shape index (κ1) is 15.4. The first-order valence-electron chi connectivity index (χ1n) is 4.88. The van der Waals surface area contributed by atoms with Gasteiger partial charge in [-0.05, 0) is 22.0 Å². The molecule has 6 nitrogen and oxygen atoms in total. The number of amides is 1. The molecular weight excluding hydrogens is 346 g/mol. The first-order chi connectivity index (χ1) is 8.28. The summed E-state index contributed by atoms with van der Waals surface area (Å²) in [5, 5.41) is -0.152. The Balaban J connectivity index is 3.26. The van der Waals surface area contributed by atoms with Crippen LogP contribution in [0.25, 0.3) is 0 Å². The number of hydrogen-bond donors (Lipinski definition) is 1. The van der Waals surface area contributed by atoms with Crippen LogP contribution in [-0.4, -0.2) is 36.7 Å². The van der Waals surface area contributed by atoms with Crippen LogP contribution in [0.5, 0.6) is 0 Å². The van der Waals surface area contributed by atoms with E-state index in [1.165, 1.54) is 12.3 Å². The van der Waals surface area contributed by atoms with Crippen molar-refractivity contribution < 1.29 is 13.2 Å². The summed E-state index contributed by atoms with van der Waals surface area (Å²) in [6, 6.07) is 1.33. The molecule has 0 aliphatic carbocycles. The number of sulfonamides is 1. The molecule has 1 aromatic heterocycles. The summed E-state index contributed by atoms with van der Waals surface area (Å²) in [4.78, 5) is 14.4. The average molecular weight is 357 g/mol. The van der Waals surface area contributed by atoms with Gasteiger partial charge in [-0.2, -0.15) is 4.31 Å². The third-order valence-corrected chi connectivity index (χ3v) is 4.86. The maximum atomic E-state index is 12.2. The molecule has 9 heteroatoms. The van der Waals surface area contributed by atoms with E-state index in [2.05, 4.69) is 20.9 Å². The molecule has 1 rings (SSSR count). The van der Waals surface area contributed by atoms with Crippen molar-refractivity contribution in [2.45, 2.75) is 11.8 Å². The van der Waals surface area contributed by atoms with E-state index in [1.807, 2.05) is 0 Å². The van der Waals surface area contributed by atoms with E-state index in [-0.39, 0.29) is 16.6 Å². The third kappa shape index (κ3) is 3.41. The van der Waals surface area contributed by atoms with Gasteiger partial charge >= 0.3 is 0 Å². The van der Waals surface area contributed by atoms with Crippen molar-refractivity contribution in [3.63, 3.8) is 0 Å². The van der Waals surface area contributed by atoms with Gasteiger partial charge in [0.15, 0.2) is 0 Å². The molecule has 1 heterocycles. The van der Waals surface area contributed by atoms with Crippen molar-refractivity contribution in [3.05, 3.63) is 21.9 Å². The normalized spacial score (nSPS) is 11.8. The zero-order valence-electron chi connectivity index (χ0n) is 9.43. The number of carbonyl (C=O) groups excluding carboxylic acids is 1. The Labute approximate surface area is 118 Å². The second-order valence-corrected chi connectivity index (χ2v) is 6.52. The van der Waals surface area contributed by atoms with Crippen molar-refractivity contribution in [2.24, 2.45) is 5.73 Å². The first-order valence-corrected chi connectivity index (χ1v) is 7.49. The highest BCUT2D eigenvalue weighted by atomic mass is 79.9. The monoisotopic (exact) mass is 355 g/mol. The summed E-state index contributed by atoms with van der Waals surface area (Å²) < 4.78 is 25.9. The molecule has 0 aliphatic rings. The van der Waals surface area contributed by atoms with Crippen LogP contribution in [0.4, 0.5) is 0 Å². The average Bonchev–Trinajstić information content (AvgIpc) is 2.28. The predicted octanol–water partition coefficient (Wildman–Crippen LogP) is 0.993. The Hall–Kier alpha value is -0.700. The molecule has 0 aromatic carbocycles. The summed E-state index contributed by atoms with van der Waals surface area (Å²) >= 11 is 8.88. The molecular formula is C9H11BrClN3O3S. The lowest BCUT2D eigenvalue weighted by molar-refractivity contribution is -0.118. The van der Waals surface area contributed by atoms with Gasteiger partial charge in [0.2, 0.25) is 15.9 Å². The molecule has 0 unspecified atom stereocenters. The second kappa shape index (κ2) is 5.96. The van der Waals surface area contributed by atoms with E-state index >= 15 is 0 Å². The zero-order chi connectivity index (χ0) is 13.9. The van der Waals surface area contributed by atoms with Gasteiger partial charge in [0.25, 0.3) is 0 Å². The molecule has 1 amide bonds. The number of aromatic nitrogens is 1. The fourth-order valence-corrected chi connectivity index (χ4v) is 3.60. The SMILES string of the molecule is CCN(CC(N)=O)S(=O)(=O)c1cc(Br)cnc1Cl. The smallest absolute Gasteiger partial charge is 0.246 e. The molecule has 0 atom stereocenters. The van der Waals surface area contributed by atoms with Gasteiger partial charge in [0, 0.05) is 17.2 Å². The molecule has 0 bridgehead atoms. The predicted molar refractivity (Wildman–Crippen MR) is 70.6 cm³/mol. The fourth-order valence-electron chi connectivity index (χ4n) is 1.26. The van der Waals surface area contributed by atoms with E-state index in [0.717, 1.165) is 4.31 Å². The lowest BCUT2D eigenvalue weighted by atomic mass is 10.5. The maximum absolute atomic E-state index is 12.2. The van der Waals surface area contributed by atoms with Crippen LogP contribution in [0.2, 0.25) is 5.15 Å².